The summed E-state index contributed by atoms with van der Waals surface area (Å²) in [6.07, 6.45) is 0. The van der Waals surface area contributed by atoms with E-state index in [2.05, 4.69) is 21.2 Å². The molecule has 0 saturated carbocycles. The van der Waals surface area contributed by atoms with Gasteiger partial charge in [-0.1, -0.05) is 12.1 Å². The minimum atomic E-state index is -0.0505. The van der Waals surface area contributed by atoms with Crippen LogP contribution < -0.4 is 11.1 Å². The minimum Gasteiger partial charge on any atom is -0.398 e. The van der Waals surface area contributed by atoms with Gasteiger partial charge in [-0.15, -0.1) is 11.8 Å². The Morgan fingerprint density at radius 3 is 2.57 bits per heavy atom. The fraction of sp³-hybridized carbons (Fsp3) is 0.188. The number of hydrogen-bond donors (Lipinski definition) is 2. The summed E-state index contributed by atoms with van der Waals surface area (Å²) < 4.78 is 0.885. The maximum Gasteiger partial charge on any atom is 0.234 e. The molecule has 0 atom stereocenters. The van der Waals surface area contributed by atoms with Crippen molar-refractivity contribution in [1.82, 2.24) is 0 Å². The van der Waals surface area contributed by atoms with Crippen LogP contribution in [0.4, 0.5) is 11.4 Å². The van der Waals surface area contributed by atoms with Gasteiger partial charge in [0.05, 0.1) is 11.4 Å². The molecule has 3 N–H and O–H groups in total. The Balaban J connectivity index is 1.97. The van der Waals surface area contributed by atoms with Gasteiger partial charge in [0.15, 0.2) is 0 Å². The SMILES string of the molecule is Cc1ccc(NC(=O)CSc2cc(C)ccc2N)c(Br)c1. The molecule has 2 rings (SSSR count). The van der Waals surface area contributed by atoms with Gasteiger partial charge < -0.3 is 11.1 Å². The van der Waals surface area contributed by atoms with Crippen LogP contribution in [0.3, 0.4) is 0 Å². The van der Waals surface area contributed by atoms with E-state index in [1.807, 2.05) is 50.2 Å². The molecule has 0 aliphatic rings. The first-order valence-corrected chi connectivity index (χ1v) is 8.28. The third-order valence-electron chi connectivity index (χ3n) is 2.93. The zero-order chi connectivity index (χ0) is 15.4. The van der Waals surface area contributed by atoms with Crippen molar-refractivity contribution in [3.05, 3.63) is 52.0 Å². The highest BCUT2D eigenvalue weighted by Crippen LogP contribution is 2.27. The molecule has 0 saturated heterocycles. The van der Waals surface area contributed by atoms with Gasteiger partial charge in [-0.2, -0.15) is 0 Å². The van der Waals surface area contributed by atoms with Crippen molar-refractivity contribution in [3.63, 3.8) is 0 Å². The van der Waals surface area contributed by atoms with E-state index in [1.54, 1.807) is 0 Å². The lowest BCUT2D eigenvalue weighted by Gasteiger charge is -2.09. The van der Waals surface area contributed by atoms with Gasteiger partial charge in [-0.05, 0) is 65.2 Å². The van der Waals surface area contributed by atoms with Crippen LogP contribution >= 0.6 is 27.7 Å². The van der Waals surface area contributed by atoms with Crippen molar-refractivity contribution in [2.75, 3.05) is 16.8 Å². The summed E-state index contributed by atoms with van der Waals surface area (Å²) in [5.41, 5.74) is 9.67. The Kier molecular flexibility index (Phi) is 5.31. The lowest BCUT2D eigenvalue weighted by atomic mass is 10.2. The molecule has 5 heteroatoms. The van der Waals surface area contributed by atoms with E-state index in [1.165, 1.54) is 11.8 Å². The van der Waals surface area contributed by atoms with Crippen LogP contribution in [0, 0.1) is 13.8 Å². The van der Waals surface area contributed by atoms with E-state index >= 15 is 0 Å². The first kappa shape index (κ1) is 15.9. The second-order valence-corrected chi connectivity index (χ2v) is 6.73. The van der Waals surface area contributed by atoms with Crippen molar-refractivity contribution in [2.45, 2.75) is 18.7 Å². The molecule has 2 aromatic rings. The fourth-order valence-electron chi connectivity index (χ4n) is 1.82. The average molecular weight is 365 g/mol. The number of thioether (sulfide) groups is 1. The molecule has 21 heavy (non-hydrogen) atoms. The van der Waals surface area contributed by atoms with Crippen molar-refractivity contribution < 1.29 is 4.79 Å². The molecule has 0 unspecified atom stereocenters. The first-order chi connectivity index (χ1) is 9.95. The number of rotatable bonds is 4. The van der Waals surface area contributed by atoms with Crippen LogP contribution in [0.2, 0.25) is 0 Å². The lowest BCUT2D eigenvalue weighted by molar-refractivity contribution is -0.113. The van der Waals surface area contributed by atoms with Crippen LogP contribution in [-0.4, -0.2) is 11.7 Å². The predicted molar refractivity (Wildman–Crippen MR) is 93.8 cm³/mol. The molecule has 0 fully saturated rings. The zero-order valence-corrected chi connectivity index (χ0v) is 14.3. The Hall–Kier alpha value is -1.46. The van der Waals surface area contributed by atoms with Crippen LogP contribution in [0.5, 0.6) is 0 Å². The van der Waals surface area contributed by atoms with Crippen LogP contribution in [0.1, 0.15) is 11.1 Å². The smallest absolute Gasteiger partial charge is 0.234 e. The lowest BCUT2D eigenvalue weighted by Crippen LogP contribution is -2.14. The number of carbonyl (C=O) groups excluding carboxylic acids is 1. The van der Waals surface area contributed by atoms with Crippen molar-refractivity contribution >= 4 is 45.0 Å². The number of halogens is 1. The standard InChI is InChI=1S/C16H17BrN2OS/c1-10-4-6-14(12(17)7-10)19-16(20)9-21-15-8-11(2)3-5-13(15)18/h3-8H,9,18H2,1-2H3,(H,19,20). The highest BCUT2D eigenvalue weighted by molar-refractivity contribution is 9.10. The second-order valence-electron chi connectivity index (χ2n) is 4.86. The summed E-state index contributed by atoms with van der Waals surface area (Å²) >= 11 is 4.90. The molecule has 1 amide bonds. The summed E-state index contributed by atoms with van der Waals surface area (Å²) in [5, 5.41) is 2.89. The van der Waals surface area contributed by atoms with Crippen molar-refractivity contribution in [3.8, 4) is 0 Å². The highest BCUT2D eigenvalue weighted by Gasteiger charge is 2.08. The topological polar surface area (TPSA) is 55.1 Å². The number of amides is 1. The van der Waals surface area contributed by atoms with Crippen molar-refractivity contribution in [2.24, 2.45) is 0 Å². The summed E-state index contributed by atoms with van der Waals surface area (Å²) in [4.78, 5) is 13.0. The number of hydrogen-bond acceptors (Lipinski definition) is 3. The Morgan fingerprint density at radius 1 is 1.19 bits per heavy atom. The van der Waals surface area contributed by atoms with Gasteiger partial charge in [-0.25, -0.2) is 0 Å². The van der Waals surface area contributed by atoms with E-state index in [-0.39, 0.29) is 5.91 Å². The number of nitrogens with one attached hydrogen (secondary N) is 1. The van der Waals surface area contributed by atoms with Gasteiger partial charge in [0.2, 0.25) is 5.91 Å². The Morgan fingerprint density at radius 2 is 1.86 bits per heavy atom. The van der Waals surface area contributed by atoms with Crippen LogP contribution in [0.25, 0.3) is 0 Å². The minimum absolute atomic E-state index is 0.0505. The van der Waals surface area contributed by atoms with E-state index in [0.29, 0.717) is 11.4 Å². The number of anilines is 2. The first-order valence-electron chi connectivity index (χ1n) is 6.50. The number of benzene rings is 2. The van der Waals surface area contributed by atoms with Gasteiger partial charge >= 0.3 is 0 Å². The van der Waals surface area contributed by atoms with E-state index in [9.17, 15) is 4.79 Å². The summed E-state index contributed by atoms with van der Waals surface area (Å²) in [5.74, 6) is 0.277. The maximum absolute atomic E-state index is 12.0. The average Bonchev–Trinajstić information content (AvgIpc) is 2.43. The van der Waals surface area contributed by atoms with E-state index < -0.39 is 0 Å². The summed E-state index contributed by atoms with van der Waals surface area (Å²) in [7, 11) is 0. The molecule has 3 nitrogen and oxygen atoms in total. The summed E-state index contributed by atoms with van der Waals surface area (Å²) in [6, 6.07) is 11.7. The van der Waals surface area contributed by atoms with E-state index in [0.717, 1.165) is 26.2 Å². The van der Waals surface area contributed by atoms with Crippen LogP contribution in [-0.2, 0) is 4.79 Å². The Bertz CT molecular complexity index is 673. The largest absolute Gasteiger partial charge is 0.398 e. The fourth-order valence-corrected chi connectivity index (χ4v) is 3.27. The molecular weight excluding hydrogens is 348 g/mol. The third-order valence-corrected chi connectivity index (χ3v) is 4.65. The molecule has 0 bridgehead atoms. The number of nitrogen functional groups attached to an aromatic ring is 1. The quantitative estimate of drug-likeness (QED) is 0.625. The van der Waals surface area contributed by atoms with E-state index in [4.69, 9.17) is 5.73 Å². The number of nitrogens with two attached hydrogens (primary N) is 1. The Labute approximate surface area is 137 Å². The van der Waals surface area contributed by atoms with Crippen LogP contribution in [0.15, 0.2) is 45.8 Å². The van der Waals surface area contributed by atoms with Gasteiger partial charge in [0, 0.05) is 15.1 Å². The van der Waals surface area contributed by atoms with Gasteiger partial charge in [-0.3, -0.25) is 4.79 Å². The van der Waals surface area contributed by atoms with Gasteiger partial charge in [0.1, 0.15) is 0 Å². The number of carbonyl (C=O) groups is 1. The monoisotopic (exact) mass is 364 g/mol. The molecule has 0 spiro atoms. The molecule has 110 valence electrons. The molecular formula is C16H17BrN2OS. The summed E-state index contributed by atoms with van der Waals surface area (Å²) in [6.45, 7) is 4.01. The third kappa shape index (κ3) is 4.51. The molecule has 0 aliphatic carbocycles. The zero-order valence-electron chi connectivity index (χ0n) is 11.9. The molecule has 0 heterocycles. The highest BCUT2D eigenvalue weighted by atomic mass is 79.9. The molecule has 0 aliphatic heterocycles. The second kappa shape index (κ2) is 7.00. The number of aryl methyl sites for hydroxylation is 2. The van der Waals surface area contributed by atoms with Gasteiger partial charge in [0.25, 0.3) is 0 Å². The van der Waals surface area contributed by atoms with Crippen molar-refractivity contribution in [1.29, 1.82) is 0 Å². The predicted octanol–water partition coefficient (Wildman–Crippen LogP) is 4.38. The molecule has 2 aromatic carbocycles. The molecule has 0 radical (unpaired) electrons. The normalized spacial score (nSPS) is 10.4. The molecule has 0 aromatic heterocycles. The maximum atomic E-state index is 12.0.